The molecule has 3 rings (SSSR count). The largest absolute Gasteiger partial charge is 0.507 e. The first kappa shape index (κ1) is 42.2. The van der Waals surface area contributed by atoms with Crippen LogP contribution in [0.3, 0.4) is 0 Å². The minimum absolute atomic E-state index is 0.0991. The quantitative estimate of drug-likeness (QED) is 0.110. The Morgan fingerprint density at radius 3 is 2.15 bits per heavy atom. The first-order valence-electron chi connectivity index (χ1n) is 18.1. The van der Waals surface area contributed by atoms with Crippen molar-refractivity contribution in [2.24, 2.45) is 5.73 Å². The Hall–Kier alpha value is -4.21. The van der Waals surface area contributed by atoms with Crippen molar-refractivity contribution >= 4 is 33.7 Å². The Balaban J connectivity index is 1.98. The van der Waals surface area contributed by atoms with Gasteiger partial charge in [0.25, 0.3) is 0 Å². The number of amides is 3. The third kappa shape index (κ3) is 12.2. The Labute approximate surface area is 306 Å². The number of carbonyl (C=O) groups excluding carboxylic acids is 3. The zero-order chi connectivity index (χ0) is 38.4. The number of nitrogens with zero attached hydrogens (tertiary/aromatic N) is 1. The normalized spacial score (nSPS) is 18.5. The highest BCUT2D eigenvalue weighted by molar-refractivity contribution is 7.89. The molecule has 0 aromatic heterocycles. The van der Waals surface area contributed by atoms with Crippen LogP contribution in [0.25, 0.3) is 11.1 Å². The maximum absolute atomic E-state index is 14.2. The van der Waals surface area contributed by atoms with Gasteiger partial charge in [0.15, 0.2) is 0 Å². The van der Waals surface area contributed by atoms with Gasteiger partial charge in [-0.3, -0.25) is 14.4 Å². The highest BCUT2D eigenvalue weighted by Gasteiger charge is 2.36. The zero-order valence-corrected chi connectivity index (χ0v) is 31.2. The minimum atomic E-state index is -3.90. The molecule has 1 aliphatic heterocycles. The van der Waals surface area contributed by atoms with Gasteiger partial charge in [-0.2, -0.15) is 0 Å². The van der Waals surface area contributed by atoms with Gasteiger partial charge in [-0.1, -0.05) is 70.4 Å². The number of aromatic hydroxyl groups is 2. The third-order valence-electron chi connectivity index (χ3n) is 9.31. The average molecular weight is 746 g/mol. The monoisotopic (exact) mass is 745 g/mol. The zero-order valence-electron chi connectivity index (χ0n) is 30.4. The number of aliphatic carboxylic acids is 1. The lowest BCUT2D eigenvalue weighted by Crippen LogP contribution is -2.54. The first-order valence-corrected chi connectivity index (χ1v) is 19.8. The maximum Gasteiger partial charge on any atom is 0.326 e. The molecule has 14 nitrogen and oxygen atoms in total. The molecule has 1 heterocycles. The van der Waals surface area contributed by atoms with Crippen LogP contribution in [0.1, 0.15) is 102 Å². The molecule has 4 atom stereocenters. The van der Waals surface area contributed by atoms with E-state index < -0.39 is 57.9 Å². The van der Waals surface area contributed by atoms with Gasteiger partial charge in [0, 0.05) is 24.6 Å². The number of nitrogens with two attached hydrogens (primary N) is 1. The molecule has 52 heavy (non-hydrogen) atoms. The van der Waals surface area contributed by atoms with Crippen molar-refractivity contribution in [2.45, 2.75) is 115 Å². The number of unbranched alkanes of at least 4 members (excludes halogenated alkanes) is 8. The van der Waals surface area contributed by atoms with Crippen LogP contribution < -0.4 is 21.1 Å². The number of sulfonamides is 1. The van der Waals surface area contributed by atoms with Crippen molar-refractivity contribution in [3.63, 3.8) is 0 Å². The van der Waals surface area contributed by atoms with Crippen LogP contribution in [0.4, 0.5) is 0 Å². The number of carbonyl (C=O) groups is 4. The molecule has 1 aliphatic rings. The van der Waals surface area contributed by atoms with E-state index in [-0.39, 0.29) is 46.8 Å². The Bertz CT molecular complexity index is 1650. The Morgan fingerprint density at radius 2 is 1.52 bits per heavy atom. The molecular formula is C37H55N5O9S. The molecule has 8 N–H and O–H groups in total. The summed E-state index contributed by atoms with van der Waals surface area (Å²) in [5.74, 6) is -4.31. The van der Waals surface area contributed by atoms with Gasteiger partial charge >= 0.3 is 5.97 Å². The number of fused-ring (bicyclic) bond motifs is 5. The summed E-state index contributed by atoms with van der Waals surface area (Å²) in [5, 5.41) is 36.5. The lowest BCUT2D eigenvalue weighted by molar-refractivity contribution is -0.143. The molecule has 0 saturated carbocycles. The van der Waals surface area contributed by atoms with Gasteiger partial charge in [0.05, 0.1) is 5.75 Å². The van der Waals surface area contributed by atoms with Crippen LogP contribution in [-0.2, 0) is 35.6 Å². The summed E-state index contributed by atoms with van der Waals surface area (Å²) < 4.78 is 29.1. The van der Waals surface area contributed by atoms with Gasteiger partial charge in [0.1, 0.15) is 35.7 Å². The summed E-state index contributed by atoms with van der Waals surface area (Å²) in [7, 11) is -2.55. The van der Waals surface area contributed by atoms with Gasteiger partial charge in [0.2, 0.25) is 27.7 Å². The summed E-state index contributed by atoms with van der Waals surface area (Å²) in [6, 6.07) is 3.13. The number of phenols is 2. The summed E-state index contributed by atoms with van der Waals surface area (Å²) in [6.45, 7) is 3.85. The van der Waals surface area contributed by atoms with Crippen LogP contribution in [0.2, 0.25) is 0 Å². The van der Waals surface area contributed by atoms with E-state index in [1.807, 2.05) is 0 Å². The van der Waals surface area contributed by atoms with Crippen LogP contribution in [0.5, 0.6) is 11.5 Å². The van der Waals surface area contributed by atoms with E-state index in [0.717, 1.165) is 43.4 Å². The Kier molecular flexibility index (Phi) is 16.3. The molecule has 2 aromatic carbocycles. The van der Waals surface area contributed by atoms with Crippen molar-refractivity contribution in [1.82, 2.24) is 20.3 Å². The van der Waals surface area contributed by atoms with Crippen molar-refractivity contribution in [1.29, 1.82) is 0 Å². The summed E-state index contributed by atoms with van der Waals surface area (Å²) >= 11 is 0. The molecular weight excluding hydrogens is 690 g/mol. The van der Waals surface area contributed by atoms with Gasteiger partial charge in [-0.15, -0.1) is 0 Å². The van der Waals surface area contributed by atoms with E-state index in [9.17, 15) is 42.9 Å². The van der Waals surface area contributed by atoms with Crippen molar-refractivity contribution in [3.05, 3.63) is 47.5 Å². The van der Waals surface area contributed by atoms with E-state index >= 15 is 0 Å². The summed E-state index contributed by atoms with van der Waals surface area (Å²) in [5.41, 5.74) is 6.54. The minimum Gasteiger partial charge on any atom is -0.507 e. The number of carboxylic acid groups (broad SMARTS) is 1. The lowest BCUT2D eigenvalue weighted by Gasteiger charge is -2.32. The highest BCUT2D eigenvalue weighted by atomic mass is 32.2. The number of carboxylic acids is 1. The number of phenolic OH excluding ortho intramolecular Hbond substituents is 2. The van der Waals surface area contributed by atoms with E-state index in [2.05, 4.69) is 22.3 Å². The fraction of sp³-hybridized carbons (Fsp3) is 0.568. The number of likely N-dealkylation sites (N-methyl/N-ethyl adjacent to an activating group) is 1. The predicted octanol–water partition coefficient (Wildman–Crippen LogP) is 3.45. The van der Waals surface area contributed by atoms with Crippen molar-refractivity contribution in [3.8, 4) is 22.6 Å². The topological polar surface area (TPSA) is 228 Å². The number of hydrogen-bond acceptors (Lipinski definition) is 9. The molecule has 4 bridgehead atoms. The maximum atomic E-state index is 14.2. The van der Waals surface area contributed by atoms with E-state index in [1.54, 1.807) is 0 Å². The van der Waals surface area contributed by atoms with Crippen molar-refractivity contribution in [2.75, 3.05) is 19.3 Å². The molecule has 15 heteroatoms. The second-order valence-corrected chi connectivity index (χ2v) is 15.4. The average Bonchev–Trinajstić information content (AvgIpc) is 3.09. The van der Waals surface area contributed by atoms with Crippen molar-refractivity contribution < 1.29 is 42.9 Å². The van der Waals surface area contributed by atoms with E-state index in [1.165, 1.54) is 56.8 Å². The fourth-order valence-electron chi connectivity index (χ4n) is 6.31. The van der Waals surface area contributed by atoms with Gasteiger partial charge in [-0.25, -0.2) is 17.9 Å². The molecule has 0 radical (unpaired) electrons. The highest BCUT2D eigenvalue weighted by Crippen LogP contribution is 2.39. The van der Waals surface area contributed by atoms with Crippen LogP contribution in [0, 0.1) is 0 Å². The number of nitrogens with one attached hydrogen (secondary N) is 3. The molecule has 0 fully saturated rings. The standard InChI is InChI=1S/C37H55N5O9S/c1-4-5-6-7-8-9-10-13-20-52(50,51)41-29(14-11-12-19-38)36(47)42(3)33-26-16-18-32(44)28(23-26)27-21-25(15-17-31(27)43)22-30(37(48)49)40-34(45)24(2)39-35(33)46/h15-18,21,23-24,29-30,33,41,43-44H,4-14,19-20,22,38H2,1-3H3,(H,39,46)(H,40,45)(H,48,49). The predicted molar refractivity (Wildman–Crippen MR) is 198 cm³/mol. The van der Waals surface area contributed by atoms with E-state index in [0.29, 0.717) is 31.4 Å². The fourth-order valence-corrected chi connectivity index (χ4v) is 7.66. The first-order chi connectivity index (χ1) is 24.7. The second kappa shape index (κ2) is 20.1. The Morgan fingerprint density at radius 1 is 0.904 bits per heavy atom. The molecule has 3 amide bonds. The van der Waals surface area contributed by atoms with E-state index in [4.69, 9.17) is 5.73 Å². The third-order valence-corrected chi connectivity index (χ3v) is 10.8. The number of rotatable bonds is 18. The molecule has 4 unspecified atom stereocenters. The lowest BCUT2D eigenvalue weighted by atomic mass is 9.93. The van der Waals surface area contributed by atoms with Gasteiger partial charge < -0.3 is 36.6 Å². The van der Waals surface area contributed by atoms with Crippen LogP contribution in [-0.4, -0.2) is 89.8 Å². The molecule has 0 aliphatic carbocycles. The molecule has 0 saturated heterocycles. The molecule has 288 valence electrons. The van der Waals surface area contributed by atoms with Gasteiger partial charge in [-0.05, 0) is 68.1 Å². The van der Waals surface area contributed by atoms with Crippen LogP contribution in [0.15, 0.2) is 36.4 Å². The SMILES string of the molecule is CCCCCCCCCCS(=O)(=O)NC(CCCCN)C(=O)N(C)C1C(=O)NC(C)C(=O)NC(C(=O)O)Cc2ccc(O)c(c2)-c2cc1ccc2O. The van der Waals surface area contributed by atoms with Crippen LogP contribution >= 0.6 is 0 Å². The summed E-state index contributed by atoms with van der Waals surface area (Å²) in [6.07, 6.45) is 8.64. The molecule has 2 aromatic rings. The number of benzene rings is 2. The second-order valence-electron chi connectivity index (χ2n) is 13.6. The number of hydrogen-bond donors (Lipinski definition) is 7. The molecule has 0 spiro atoms. The summed E-state index contributed by atoms with van der Waals surface area (Å²) in [4.78, 5) is 54.5. The smallest absolute Gasteiger partial charge is 0.326 e.